The van der Waals surface area contributed by atoms with Gasteiger partial charge in [0.25, 0.3) is 5.91 Å². The molecule has 1 aromatic carbocycles. The quantitative estimate of drug-likeness (QED) is 0.834. The minimum absolute atomic E-state index is 0.255. The molecule has 1 N–H and O–H groups in total. The predicted octanol–water partition coefficient (Wildman–Crippen LogP) is 3.20. The lowest BCUT2D eigenvalue weighted by Gasteiger charge is -2.16. The van der Waals surface area contributed by atoms with Crippen LogP contribution in [0, 0.1) is 12.7 Å². The number of halogens is 4. The minimum atomic E-state index is -4.36. The number of nitrogens with one attached hydrogen (secondary N) is 1. The molecule has 18 heavy (non-hydrogen) atoms. The van der Waals surface area contributed by atoms with Gasteiger partial charge in [0.05, 0.1) is 12.0 Å². The molecule has 1 unspecified atom stereocenters. The Labute approximate surface area is 102 Å². The maximum absolute atomic E-state index is 13.4. The molecule has 0 aliphatic carbocycles. The third-order valence-electron chi connectivity index (χ3n) is 2.28. The number of aryl methyl sites for hydroxylation is 1. The zero-order chi connectivity index (χ0) is 13.9. The second-order valence-corrected chi connectivity index (χ2v) is 4.18. The van der Waals surface area contributed by atoms with Gasteiger partial charge in [0.1, 0.15) is 5.82 Å². The van der Waals surface area contributed by atoms with Crippen molar-refractivity contribution in [3.63, 3.8) is 0 Å². The summed E-state index contributed by atoms with van der Waals surface area (Å²) in [6.07, 6.45) is -5.51. The van der Waals surface area contributed by atoms with Gasteiger partial charge in [-0.2, -0.15) is 13.2 Å². The van der Waals surface area contributed by atoms with Crippen LogP contribution in [0.4, 0.5) is 17.6 Å². The van der Waals surface area contributed by atoms with Gasteiger partial charge in [-0.1, -0.05) is 6.07 Å². The third kappa shape index (κ3) is 4.35. The number of hydrogen-bond donors (Lipinski definition) is 1. The van der Waals surface area contributed by atoms with Crippen molar-refractivity contribution in [3.05, 3.63) is 35.1 Å². The molecule has 0 heterocycles. The summed E-state index contributed by atoms with van der Waals surface area (Å²) < 4.78 is 49.6. The van der Waals surface area contributed by atoms with E-state index in [0.29, 0.717) is 5.56 Å². The maximum atomic E-state index is 13.4. The van der Waals surface area contributed by atoms with Crippen molar-refractivity contribution >= 4 is 5.91 Å². The van der Waals surface area contributed by atoms with Crippen molar-refractivity contribution in [3.8, 4) is 0 Å². The number of hydrogen-bond acceptors (Lipinski definition) is 1. The molecule has 1 rings (SSSR count). The van der Waals surface area contributed by atoms with E-state index in [9.17, 15) is 22.4 Å². The van der Waals surface area contributed by atoms with E-state index in [2.05, 4.69) is 5.32 Å². The summed E-state index contributed by atoms with van der Waals surface area (Å²) in [7, 11) is 0. The normalized spacial score (nSPS) is 13.2. The monoisotopic (exact) mass is 263 g/mol. The number of carbonyl (C=O) groups is 1. The van der Waals surface area contributed by atoms with Gasteiger partial charge in [0.2, 0.25) is 0 Å². The summed E-state index contributed by atoms with van der Waals surface area (Å²) in [5, 5.41) is 2.11. The first-order chi connectivity index (χ1) is 8.19. The number of alkyl halides is 3. The van der Waals surface area contributed by atoms with Gasteiger partial charge in [-0.25, -0.2) is 4.39 Å². The van der Waals surface area contributed by atoms with Gasteiger partial charge < -0.3 is 5.32 Å². The van der Waals surface area contributed by atoms with Crippen LogP contribution in [-0.4, -0.2) is 18.1 Å². The SMILES string of the molecule is Cc1ccc(C(=O)NC(C)CC(F)(F)F)c(F)c1. The molecule has 6 heteroatoms. The topological polar surface area (TPSA) is 29.1 Å². The van der Waals surface area contributed by atoms with Crippen LogP contribution in [0.15, 0.2) is 18.2 Å². The lowest BCUT2D eigenvalue weighted by atomic mass is 10.1. The van der Waals surface area contributed by atoms with Crippen molar-refractivity contribution in [2.75, 3.05) is 0 Å². The van der Waals surface area contributed by atoms with Crippen molar-refractivity contribution in [2.45, 2.75) is 32.5 Å². The van der Waals surface area contributed by atoms with Crippen LogP contribution in [0.5, 0.6) is 0 Å². The van der Waals surface area contributed by atoms with E-state index in [1.54, 1.807) is 6.92 Å². The average Bonchev–Trinajstić information content (AvgIpc) is 2.13. The zero-order valence-corrected chi connectivity index (χ0v) is 9.94. The summed E-state index contributed by atoms with van der Waals surface area (Å²) in [5.41, 5.74) is 0.377. The molecule has 0 radical (unpaired) electrons. The molecule has 0 aliphatic rings. The fraction of sp³-hybridized carbons (Fsp3) is 0.417. The highest BCUT2D eigenvalue weighted by Gasteiger charge is 2.30. The Morgan fingerprint density at radius 3 is 2.50 bits per heavy atom. The van der Waals surface area contributed by atoms with Crippen LogP contribution in [0.3, 0.4) is 0 Å². The lowest BCUT2D eigenvalue weighted by molar-refractivity contribution is -0.138. The summed E-state index contributed by atoms with van der Waals surface area (Å²) in [6.45, 7) is 2.87. The Kier molecular flexibility index (Phi) is 4.32. The van der Waals surface area contributed by atoms with Crippen LogP contribution in [0.25, 0.3) is 0 Å². The van der Waals surface area contributed by atoms with Crippen molar-refractivity contribution in [1.82, 2.24) is 5.32 Å². The van der Waals surface area contributed by atoms with Gasteiger partial charge in [0, 0.05) is 6.04 Å². The second kappa shape index (κ2) is 5.37. The van der Waals surface area contributed by atoms with E-state index in [1.807, 2.05) is 0 Å². The van der Waals surface area contributed by atoms with Gasteiger partial charge in [0.15, 0.2) is 0 Å². The maximum Gasteiger partial charge on any atom is 0.391 e. The van der Waals surface area contributed by atoms with E-state index in [-0.39, 0.29) is 5.56 Å². The molecule has 1 aromatic rings. The van der Waals surface area contributed by atoms with E-state index >= 15 is 0 Å². The summed E-state index contributed by atoms with van der Waals surface area (Å²) in [6, 6.07) is 2.83. The Hall–Kier alpha value is -1.59. The lowest BCUT2D eigenvalue weighted by Crippen LogP contribution is -2.36. The molecule has 0 aliphatic heterocycles. The molecule has 0 saturated carbocycles. The molecule has 0 aromatic heterocycles. The fourth-order valence-electron chi connectivity index (χ4n) is 1.50. The molecule has 1 amide bonds. The van der Waals surface area contributed by atoms with Crippen molar-refractivity contribution < 1.29 is 22.4 Å². The predicted molar refractivity (Wildman–Crippen MR) is 58.7 cm³/mol. The Bertz CT molecular complexity index is 442. The van der Waals surface area contributed by atoms with Crippen molar-refractivity contribution in [1.29, 1.82) is 0 Å². The van der Waals surface area contributed by atoms with E-state index in [0.717, 1.165) is 6.07 Å². The van der Waals surface area contributed by atoms with E-state index < -0.39 is 30.4 Å². The first-order valence-electron chi connectivity index (χ1n) is 5.33. The largest absolute Gasteiger partial charge is 0.391 e. The molecule has 1 atom stereocenters. The average molecular weight is 263 g/mol. The highest BCUT2D eigenvalue weighted by molar-refractivity contribution is 5.94. The highest BCUT2D eigenvalue weighted by Crippen LogP contribution is 2.21. The Balaban J connectivity index is 2.71. The summed E-state index contributed by atoms with van der Waals surface area (Å²) in [5.74, 6) is -1.59. The van der Waals surface area contributed by atoms with Gasteiger partial charge in [-0.15, -0.1) is 0 Å². The number of carbonyl (C=O) groups excluding carboxylic acids is 1. The van der Waals surface area contributed by atoms with Gasteiger partial charge in [-0.05, 0) is 31.5 Å². The Morgan fingerprint density at radius 2 is 2.00 bits per heavy atom. The van der Waals surface area contributed by atoms with Crippen LogP contribution < -0.4 is 5.32 Å². The standard InChI is InChI=1S/C12H13F4NO/c1-7-3-4-9(10(13)5-7)11(18)17-8(2)6-12(14,15)16/h3-5,8H,6H2,1-2H3,(H,17,18). The highest BCUT2D eigenvalue weighted by atomic mass is 19.4. The molecule has 0 spiro atoms. The van der Waals surface area contributed by atoms with Crippen molar-refractivity contribution in [2.24, 2.45) is 0 Å². The van der Waals surface area contributed by atoms with Crippen LogP contribution in [0.2, 0.25) is 0 Å². The minimum Gasteiger partial charge on any atom is -0.349 e. The van der Waals surface area contributed by atoms with Crippen LogP contribution in [0.1, 0.15) is 29.3 Å². The summed E-state index contributed by atoms with van der Waals surface area (Å²) >= 11 is 0. The van der Waals surface area contributed by atoms with E-state index in [4.69, 9.17) is 0 Å². The second-order valence-electron chi connectivity index (χ2n) is 4.18. The zero-order valence-electron chi connectivity index (χ0n) is 9.94. The smallest absolute Gasteiger partial charge is 0.349 e. The van der Waals surface area contributed by atoms with E-state index in [1.165, 1.54) is 19.1 Å². The Morgan fingerprint density at radius 1 is 1.39 bits per heavy atom. The molecule has 100 valence electrons. The first kappa shape index (κ1) is 14.5. The number of amides is 1. The molecule has 2 nitrogen and oxygen atoms in total. The number of benzene rings is 1. The van der Waals surface area contributed by atoms with Crippen LogP contribution >= 0.6 is 0 Å². The molecule has 0 bridgehead atoms. The fourth-order valence-corrected chi connectivity index (χ4v) is 1.50. The van der Waals surface area contributed by atoms with Gasteiger partial charge >= 0.3 is 6.18 Å². The third-order valence-corrected chi connectivity index (χ3v) is 2.28. The van der Waals surface area contributed by atoms with Gasteiger partial charge in [-0.3, -0.25) is 4.79 Å². The van der Waals surface area contributed by atoms with Crippen LogP contribution in [-0.2, 0) is 0 Å². The summed E-state index contributed by atoms with van der Waals surface area (Å²) in [4.78, 5) is 11.6. The molecular weight excluding hydrogens is 250 g/mol. The first-order valence-corrected chi connectivity index (χ1v) is 5.33. The molecule has 0 fully saturated rings. The number of rotatable bonds is 3. The molecular formula is C12H13F4NO. The molecule has 0 saturated heterocycles.